The van der Waals surface area contributed by atoms with E-state index in [-0.39, 0.29) is 5.75 Å². The van der Waals surface area contributed by atoms with Crippen LogP contribution in [0.1, 0.15) is 5.56 Å². The Morgan fingerprint density at radius 1 is 1.22 bits per heavy atom. The van der Waals surface area contributed by atoms with Crippen LogP contribution in [0.5, 0.6) is 11.5 Å². The maximum Gasteiger partial charge on any atom is 0.125 e. The highest BCUT2D eigenvalue weighted by Gasteiger charge is 2.07. The third-order valence-corrected chi connectivity index (χ3v) is 2.97. The average molecular weight is 264 g/mol. The molecule has 0 aliphatic rings. The zero-order valence-electron chi connectivity index (χ0n) is 9.98. The fourth-order valence-electron chi connectivity index (χ4n) is 1.71. The monoisotopic (exact) mass is 263 g/mol. The average Bonchev–Trinajstić information content (AvgIpc) is 2.37. The van der Waals surface area contributed by atoms with Crippen LogP contribution in [-0.2, 0) is 6.54 Å². The van der Waals surface area contributed by atoms with Crippen molar-refractivity contribution >= 4 is 17.3 Å². The third kappa shape index (κ3) is 2.87. The molecule has 0 saturated heterocycles. The quantitative estimate of drug-likeness (QED) is 0.884. The predicted octanol–water partition coefficient (Wildman–Crippen LogP) is 3.67. The van der Waals surface area contributed by atoms with Gasteiger partial charge in [0, 0.05) is 28.9 Å². The lowest BCUT2D eigenvalue weighted by Gasteiger charge is -2.12. The number of ether oxygens (including phenoxy) is 1. The van der Waals surface area contributed by atoms with E-state index in [1.54, 1.807) is 25.3 Å². The van der Waals surface area contributed by atoms with Crippen molar-refractivity contribution in [1.82, 2.24) is 0 Å². The molecule has 3 nitrogen and oxygen atoms in total. The summed E-state index contributed by atoms with van der Waals surface area (Å²) in [6, 6.07) is 12.5. The molecule has 94 valence electrons. The van der Waals surface area contributed by atoms with Crippen molar-refractivity contribution in [1.29, 1.82) is 0 Å². The fourth-order valence-corrected chi connectivity index (χ4v) is 1.94. The van der Waals surface area contributed by atoms with Crippen molar-refractivity contribution in [2.75, 3.05) is 12.4 Å². The molecule has 0 aliphatic heterocycles. The lowest BCUT2D eigenvalue weighted by Crippen LogP contribution is -2.02. The minimum Gasteiger partial charge on any atom is -0.508 e. The normalized spacial score (nSPS) is 10.1. The van der Waals surface area contributed by atoms with Gasteiger partial charge >= 0.3 is 0 Å². The van der Waals surface area contributed by atoms with Crippen molar-refractivity contribution in [2.45, 2.75) is 6.54 Å². The molecule has 0 aliphatic carbocycles. The van der Waals surface area contributed by atoms with Gasteiger partial charge in [-0.3, -0.25) is 0 Å². The second-order valence-electron chi connectivity index (χ2n) is 3.82. The van der Waals surface area contributed by atoms with Gasteiger partial charge in [0.05, 0.1) is 7.11 Å². The zero-order chi connectivity index (χ0) is 13.0. The van der Waals surface area contributed by atoms with Crippen LogP contribution in [0.3, 0.4) is 0 Å². The van der Waals surface area contributed by atoms with Crippen LogP contribution in [-0.4, -0.2) is 12.2 Å². The first-order valence-electron chi connectivity index (χ1n) is 5.55. The molecule has 0 fully saturated rings. The number of anilines is 1. The molecule has 18 heavy (non-hydrogen) atoms. The van der Waals surface area contributed by atoms with E-state index in [0.29, 0.717) is 11.6 Å². The van der Waals surface area contributed by atoms with E-state index < -0.39 is 0 Å². The summed E-state index contributed by atoms with van der Waals surface area (Å²) in [6.45, 7) is 0.534. The van der Waals surface area contributed by atoms with Crippen LogP contribution in [0.25, 0.3) is 0 Å². The number of benzene rings is 2. The van der Waals surface area contributed by atoms with Gasteiger partial charge in [-0.2, -0.15) is 0 Å². The SMILES string of the molecule is COc1cccc(Cl)c1CNc1cccc(O)c1. The molecule has 0 bridgehead atoms. The molecule has 2 aromatic rings. The van der Waals surface area contributed by atoms with E-state index in [2.05, 4.69) is 5.32 Å². The van der Waals surface area contributed by atoms with Gasteiger partial charge in [0.2, 0.25) is 0 Å². The maximum atomic E-state index is 9.37. The first-order chi connectivity index (χ1) is 8.70. The number of hydrogen-bond donors (Lipinski definition) is 2. The summed E-state index contributed by atoms with van der Waals surface area (Å²) in [5.41, 5.74) is 1.72. The molecule has 0 spiro atoms. The molecule has 2 N–H and O–H groups in total. The van der Waals surface area contributed by atoms with E-state index in [1.165, 1.54) is 0 Å². The Labute approximate surface area is 111 Å². The Morgan fingerprint density at radius 3 is 2.72 bits per heavy atom. The standard InChI is InChI=1S/C14H14ClNO2/c1-18-14-7-3-6-13(15)12(14)9-16-10-4-2-5-11(17)8-10/h2-8,16-17H,9H2,1H3. The lowest BCUT2D eigenvalue weighted by molar-refractivity contribution is 0.410. The van der Waals surface area contributed by atoms with Gasteiger partial charge in [0.15, 0.2) is 0 Å². The summed E-state index contributed by atoms with van der Waals surface area (Å²) in [5, 5.41) is 13.2. The number of phenolic OH excluding ortho intramolecular Hbond substituents is 1. The van der Waals surface area contributed by atoms with E-state index in [0.717, 1.165) is 17.0 Å². The smallest absolute Gasteiger partial charge is 0.125 e. The van der Waals surface area contributed by atoms with Gasteiger partial charge in [-0.15, -0.1) is 0 Å². The van der Waals surface area contributed by atoms with Crippen molar-refractivity contribution in [3.63, 3.8) is 0 Å². The summed E-state index contributed by atoms with van der Waals surface area (Å²) in [6.07, 6.45) is 0. The molecular weight excluding hydrogens is 250 g/mol. The summed E-state index contributed by atoms with van der Waals surface area (Å²) < 4.78 is 5.26. The topological polar surface area (TPSA) is 41.5 Å². The minimum atomic E-state index is 0.228. The molecule has 0 unspecified atom stereocenters. The van der Waals surface area contributed by atoms with Crippen LogP contribution in [0, 0.1) is 0 Å². The van der Waals surface area contributed by atoms with Crippen molar-refractivity contribution in [3.8, 4) is 11.5 Å². The highest BCUT2D eigenvalue weighted by molar-refractivity contribution is 6.31. The molecule has 2 aromatic carbocycles. The highest BCUT2D eigenvalue weighted by atomic mass is 35.5. The second-order valence-corrected chi connectivity index (χ2v) is 4.23. The number of aromatic hydroxyl groups is 1. The largest absolute Gasteiger partial charge is 0.508 e. The molecule has 0 heterocycles. The van der Waals surface area contributed by atoms with Gasteiger partial charge in [-0.1, -0.05) is 23.7 Å². The Morgan fingerprint density at radius 2 is 2.00 bits per heavy atom. The zero-order valence-corrected chi connectivity index (χ0v) is 10.7. The Kier molecular flexibility index (Phi) is 3.95. The van der Waals surface area contributed by atoms with E-state index in [1.807, 2.05) is 24.3 Å². The Hall–Kier alpha value is -1.87. The number of methoxy groups -OCH3 is 1. The molecule has 0 atom stereocenters. The summed E-state index contributed by atoms with van der Waals surface area (Å²) >= 11 is 6.14. The van der Waals surface area contributed by atoms with Crippen LogP contribution in [0.4, 0.5) is 5.69 Å². The number of hydrogen-bond acceptors (Lipinski definition) is 3. The summed E-state index contributed by atoms with van der Waals surface area (Å²) in [5.74, 6) is 0.973. The molecular formula is C14H14ClNO2. The highest BCUT2D eigenvalue weighted by Crippen LogP contribution is 2.27. The first kappa shape index (κ1) is 12.6. The van der Waals surface area contributed by atoms with Gasteiger partial charge in [-0.25, -0.2) is 0 Å². The minimum absolute atomic E-state index is 0.228. The van der Waals surface area contributed by atoms with Crippen molar-refractivity contribution in [2.24, 2.45) is 0 Å². The van der Waals surface area contributed by atoms with Gasteiger partial charge in [-0.05, 0) is 24.3 Å². The Bertz CT molecular complexity index is 543. The fraction of sp³-hybridized carbons (Fsp3) is 0.143. The summed E-state index contributed by atoms with van der Waals surface area (Å²) in [4.78, 5) is 0. The van der Waals surface area contributed by atoms with Crippen LogP contribution in [0.2, 0.25) is 5.02 Å². The predicted molar refractivity (Wildman–Crippen MR) is 73.4 cm³/mol. The Balaban J connectivity index is 2.15. The van der Waals surface area contributed by atoms with E-state index >= 15 is 0 Å². The molecule has 2 rings (SSSR count). The number of phenols is 1. The third-order valence-electron chi connectivity index (χ3n) is 2.61. The van der Waals surface area contributed by atoms with Crippen molar-refractivity contribution < 1.29 is 9.84 Å². The molecule has 0 radical (unpaired) electrons. The molecule has 4 heteroatoms. The van der Waals surface area contributed by atoms with Gasteiger partial charge in [0.25, 0.3) is 0 Å². The van der Waals surface area contributed by atoms with E-state index in [4.69, 9.17) is 16.3 Å². The lowest BCUT2D eigenvalue weighted by atomic mass is 10.2. The van der Waals surface area contributed by atoms with Crippen LogP contribution >= 0.6 is 11.6 Å². The molecule has 0 aromatic heterocycles. The number of nitrogens with one attached hydrogen (secondary N) is 1. The number of halogens is 1. The van der Waals surface area contributed by atoms with Crippen LogP contribution in [0.15, 0.2) is 42.5 Å². The van der Waals surface area contributed by atoms with Crippen LogP contribution < -0.4 is 10.1 Å². The molecule has 0 saturated carbocycles. The van der Waals surface area contributed by atoms with Crippen molar-refractivity contribution in [3.05, 3.63) is 53.1 Å². The van der Waals surface area contributed by atoms with Gasteiger partial charge < -0.3 is 15.2 Å². The molecule has 0 amide bonds. The summed E-state index contributed by atoms with van der Waals surface area (Å²) in [7, 11) is 1.61. The first-order valence-corrected chi connectivity index (χ1v) is 5.93. The second kappa shape index (κ2) is 5.65. The maximum absolute atomic E-state index is 9.37. The van der Waals surface area contributed by atoms with E-state index in [9.17, 15) is 5.11 Å². The number of rotatable bonds is 4. The van der Waals surface area contributed by atoms with Gasteiger partial charge in [0.1, 0.15) is 11.5 Å².